The molecule has 0 spiro atoms. The van der Waals surface area contributed by atoms with Gasteiger partial charge >= 0.3 is 5.97 Å². The molecule has 3 fully saturated rings. The average Bonchev–Trinajstić information content (AvgIpc) is 3.15. The van der Waals surface area contributed by atoms with Crippen LogP contribution in [0.2, 0.25) is 0 Å². The summed E-state index contributed by atoms with van der Waals surface area (Å²) in [5.41, 5.74) is -5.72. The van der Waals surface area contributed by atoms with E-state index >= 15 is 0 Å². The van der Waals surface area contributed by atoms with Crippen LogP contribution < -0.4 is 0 Å². The van der Waals surface area contributed by atoms with Crippen LogP contribution in [0, 0.1) is 17.8 Å². The smallest absolute Gasteiger partial charge is 0.311 e. The SMILES string of the molecule is [2H]C1(OC)C(O[C@@H]2[C@@H](C)C(OC3CC(C)(OC)C([2H])(O)C(C)O3)[C@@H](C)C(=O)O[C@H](CC)[C@@](C)(OC)[C@]([2H])(O)[C@@H](C)N(C([2H])([2H])C)C([2H])([2H])[C@H](C)C[C@@]2(C)O)OC(C)CC1N(C)C. The molecule has 0 bridgehead atoms. The van der Waals surface area contributed by atoms with Crippen LogP contribution in [-0.2, 0) is 42.7 Å². The van der Waals surface area contributed by atoms with Crippen LogP contribution in [0.3, 0.4) is 0 Å². The molecule has 18 atom stereocenters. The molecule has 14 nitrogen and oxygen atoms in total. The molecule has 324 valence electrons. The fourth-order valence-corrected chi connectivity index (χ4v) is 8.49. The van der Waals surface area contributed by atoms with Gasteiger partial charge in [-0.1, -0.05) is 27.7 Å². The van der Waals surface area contributed by atoms with Gasteiger partial charge in [0.05, 0.1) is 45.6 Å². The molecule has 0 saturated carbocycles. The van der Waals surface area contributed by atoms with Crippen LogP contribution in [0.15, 0.2) is 0 Å². The number of hydrogen-bond acceptors (Lipinski definition) is 14. The van der Waals surface area contributed by atoms with Gasteiger partial charge in [-0.25, -0.2) is 0 Å². The van der Waals surface area contributed by atoms with Gasteiger partial charge in [0.25, 0.3) is 0 Å². The van der Waals surface area contributed by atoms with Gasteiger partial charge < -0.3 is 58.1 Å². The third-order valence-electron chi connectivity index (χ3n) is 12.0. The zero-order valence-corrected chi connectivity index (χ0v) is 36.2. The third-order valence-corrected chi connectivity index (χ3v) is 12.0. The summed E-state index contributed by atoms with van der Waals surface area (Å²) in [6.45, 7) is 11.0. The Morgan fingerprint density at radius 2 is 1.62 bits per heavy atom. The summed E-state index contributed by atoms with van der Waals surface area (Å²) in [7, 11) is 7.47. The Hall–Kier alpha value is -1.01. The standard InChI is InChI=1S/C41H78N2O12/c1-17-30-41(11,50-16)34(44)27(7)43(18-2)22-23(3)20-39(9,47)36(55-38-33(48-14)29(42(12)13)19-24(4)51-38)25(5)32(26(6)37(46)53-30)54-31-21-40(10,49-15)35(45)28(8)52-31/h23-36,38,44-45,47H,17-22H2,1-16H3/t23-,24?,25+,26-,27-,28?,29?,30-,31?,32?,33?,34-,35?,36-,38?,39-,40?,41-/m1/s1/i18D2,22D2,33D,34D,35D. The molecule has 14 heteroatoms. The van der Waals surface area contributed by atoms with Crippen molar-refractivity contribution in [1.29, 1.82) is 0 Å². The van der Waals surface area contributed by atoms with Crippen molar-refractivity contribution >= 4 is 5.97 Å². The average molecular weight is 798 g/mol. The van der Waals surface area contributed by atoms with Crippen LogP contribution in [0.5, 0.6) is 0 Å². The molecule has 3 heterocycles. The Balaban J connectivity index is 2.42. The van der Waals surface area contributed by atoms with E-state index in [1.807, 2.05) is 11.8 Å². The first kappa shape index (κ1) is 38.2. The minimum atomic E-state index is -2.85. The molecule has 3 saturated heterocycles. The Labute approximate surface area is 341 Å². The highest BCUT2D eigenvalue weighted by atomic mass is 16.7. The fourth-order valence-electron chi connectivity index (χ4n) is 8.49. The van der Waals surface area contributed by atoms with Gasteiger partial charge in [-0.15, -0.1) is 0 Å². The summed E-state index contributed by atoms with van der Waals surface area (Å²) >= 11 is 0. The lowest BCUT2D eigenvalue weighted by Crippen LogP contribution is -2.61. The Bertz CT molecular complexity index is 1510. The van der Waals surface area contributed by atoms with Crippen LogP contribution in [0.4, 0.5) is 0 Å². The van der Waals surface area contributed by atoms with E-state index in [4.69, 9.17) is 42.0 Å². The van der Waals surface area contributed by atoms with Crippen LogP contribution in [-0.4, -0.2) is 170 Å². The first-order chi connectivity index (χ1) is 28.0. The first-order valence-electron chi connectivity index (χ1n) is 23.1. The van der Waals surface area contributed by atoms with Crippen molar-refractivity contribution in [3.8, 4) is 0 Å². The van der Waals surface area contributed by atoms with E-state index in [9.17, 15) is 25.6 Å². The monoisotopic (exact) mass is 798 g/mol. The second-order valence-corrected chi connectivity index (χ2v) is 16.5. The minimum Gasteiger partial charge on any atom is -0.459 e. The molecular weight excluding hydrogens is 712 g/mol. The van der Waals surface area contributed by atoms with Gasteiger partial charge in [-0.3, -0.25) is 9.69 Å². The van der Waals surface area contributed by atoms with E-state index in [1.165, 1.54) is 69.8 Å². The maximum atomic E-state index is 14.7. The van der Waals surface area contributed by atoms with Crippen molar-refractivity contribution in [2.24, 2.45) is 17.8 Å². The number of carbonyl (C=O) groups excluding carboxylic acids is 1. The van der Waals surface area contributed by atoms with Crippen LogP contribution in [0.1, 0.15) is 111 Å². The van der Waals surface area contributed by atoms with Gasteiger partial charge in [0, 0.05) is 57.7 Å². The predicted molar refractivity (Wildman–Crippen MR) is 208 cm³/mol. The van der Waals surface area contributed by atoms with Gasteiger partial charge in [-0.05, 0) is 94.2 Å². The zero-order chi connectivity index (χ0) is 48.1. The van der Waals surface area contributed by atoms with Gasteiger partial charge in [0.15, 0.2) is 12.6 Å². The normalized spacial score (nSPS) is 54.6. The van der Waals surface area contributed by atoms with Crippen molar-refractivity contribution in [2.45, 2.75) is 192 Å². The number of rotatable bonds is 10. The summed E-state index contributed by atoms with van der Waals surface area (Å²) in [4.78, 5) is 17.2. The van der Waals surface area contributed by atoms with Gasteiger partial charge in [-0.2, -0.15) is 0 Å². The van der Waals surface area contributed by atoms with Gasteiger partial charge in [0.2, 0.25) is 0 Å². The van der Waals surface area contributed by atoms with E-state index in [0.29, 0.717) is 6.42 Å². The van der Waals surface area contributed by atoms with E-state index in [2.05, 4.69) is 0 Å². The number of hydrogen-bond donors (Lipinski definition) is 3. The maximum Gasteiger partial charge on any atom is 0.311 e. The second-order valence-electron chi connectivity index (χ2n) is 16.5. The van der Waals surface area contributed by atoms with Gasteiger partial charge in [0.1, 0.15) is 29.9 Å². The summed E-state index contributed by atoms with van der Waals surface area (Å²) in [5.74, 6) is -4.52. The number of nitrogens with zero attached hydrogens (tertiary/aromatic N) is 2. The van der Waals surface area contributed by atoms with Crippen molar-refractivity contribution in [3.05, 3.63) is 0 Å². The number of likely N-dealkylation sites (N-methyl/N-ethyl adjacent to an activating group) is 2. The summed E-state index contributed by atoms with van der Waals surface area (Å²) in [6, 6.07) is -2.24. The molecule has 55 heavy (non-hydrogen) atoms. The van der Waals surface area contributed by atoms with E-state index < -0.39 is 133 Å². The Kier molecular flexibility index (Phi) is 13.8. The number of cyclic esters (lactones) is 1. The predicted octanol–water partition coefficient (Wildman–Crippen LogP) is 3.60. The molecule has 0 aromatic rings. The van der Waals surface area contributed by atoms with E-state index in [0.717, 1.165) is 11.8 Å². The summed E-state index contributed by atoms with van der Waals surface area (Å²) in [5, 5.41) is 36.3. The molecule has 3 N–H and O–H groups in total. The Morgan fingerprint density at radius 1 is 0.982 bits per heavy atom. The lowest BCUT2D eigenvalue weighted by atomic mass is 9.77. The lowest BCUT2D eigenvalue weighted by molar-refractivity contribution is -0.319. The quantitative estimate of drug-likeness (QED) is 0.276. The molecule has 3 rings (SSSR count). The van der Waals surface area contributed by atoms with E-state index in [-0.39, 0.29) is 12.8 Å². The maximum absolute atomic E-state index is 14.7. The van der Waals surface area contributed by atoms with Crippen molar-refractivity contribution < 1.29 is 67.6 Å². The molecule has 9 unspecified atom stereocenters. The van der Waals surface area contributed by atoms with E-state index in [1.54, 1.807) is 27.9 Å². The zero-order valence-electron chi connectivity index (χ0n) is 43.2. The first-order valence-corrected chi connectivity index (χ1v) is 19.6. The summed E-state index contributed by atoms with van der Waals surface area (Å²) < 4.78 is 114. The highest BCUT2D eigenvalue weighted by Crippen LogP contribution is 2.40. The highest BCUT2D eigenvalue weighted by molar-refractivity contribution is 5.73. The number of carbonyl (C=O) groups is 1. The third kappa shape index (κ3) is 10.8. The molecule has 0 aliphatic carbocycles. The molecule has 0 radical (unpaired) electrons. The van der Waals surface area contributed by atoms with Crippen molar-refractivity contribution in [1.82, 2.24) is 9.80 Å². The molecule has 0 amide bonds. The van der Waals surface area contributed by atoms with Crippen LogP contribution in [0.25, 0.3) is 0 Å². The molecule has 3 aliphatic rings. The molecule has 0 aromatic heterocycles. The molecule has 3 aliphatic heterocycles. The molecular formula is C41H78N2O12. The number of aliphatic hydroxyl groups is 3. The topological polar surface area (TPSA) is 158 Å². The van der Waals surface area contributed by atoms with Crippen molar-refractivity contribution in [2.75, 3.05) is 48.4 Å². The largest absolute Gasteiger partial charge is 0.459 e. The summed E-state index contributed by atoms with van der Waals surface area (Å²) in [6.07, 6.45) is -15.7. The lowest BCUT2D eigenvalue weighted by Gasteiger charge is -2.49. The Morgan fingerprint density at radius 3 is 2.15 bits per heavy atom. The second kappa shape index (κ2) is 19.8. The number of methoxy groups -OCH3 is 3. The van der Waals surface area contributed by atoms with Crippen molar-refractivity contribution in [3.63, 3.8) is 0 Å². The molecule has 0 aromatic carbocycles. The number of esters is 1. The number of ether oxygens (including phenoxy) is 8. The van der Waals surface area contributed by atoms with Crippen LogP contribution >= 0.6 is 0 Å². The minimum absolute atomic E-state index is 0.00901. The highest BCUT2D eigenvalue weighted by Gasteiger charge is 2.53. The fraction of sp³-hybridized carbons (Fsp3) is 0.976.